The maximum atomic E-state index is 13.1. The Morgan fingerprint density at radius 1 is 0.886 bits per heavy atom. The third kappa shape index (κ3) is 5.49. The van der Waals surface area contributed by atoms with Crippen LogP contribution in [-0.2, 0) is 28.2 Å². The number of aliphatic hydroxyl groups excluding tert-OH is 3. The molecule has 5 aliphatic carbocycles. The molecular weight excluding hydrogens is 611 g/mol. The van der Waals surface area contributed by atoms with Gasteiger partial charge in [0.1, 0.15) is 6.10 Å². The first-order valence-electron chi connectivity index (χ1n) is 16.4. The molecule has 13 heteroatoms. The van der Waals surface area contributed by atoms with Crippen LogP contribution in [-0.4, -0.2) is 70.8 Å². The highest BCUT2D eigenvalue weighted by Crippen LogP contribution is 2.74. The molecule has 0 radical (unpaired) electrons. The van der Waals surface area contributed by atoms with Gasteiger partial charge in [0.2, 0.25) is 0 Å². The molecule has 5 rings (SSSR count). The van der Waals surface area contributed by atoms with Gasteiger partial charge in [0, 0.05) is 13.0 Å². The van der Waals surface area contributed by atoms with Crippen molar-refractivity contribution in [1.29, 1.82) is 0 Å². The first-order chi connectivity index (χ1) is 20.1. The minimum Gasteiger partial charge on any atom is -0.390 e. The topological polar surface area (TPSA) is 180 Å². The average molecular weight is 667 g/mol. The Balaban J connectivity index is 1.58. The van der Waals surface area contributed by atoms with Crippen LogP contribution in [0.2, 0.25) is 0 Å². The van der Waals surface area contributed by atoms with Crippen LogP contribution >= 0.6 is 7.82 Å². The zero-order valence-electron chi connectivity index (χ0n) is 27.4. The van der Waals surface area contributed by atoms with Gasteiger partial charge in [-0.3, -0.25) is 13.6 Å². The van der Waals surface area contributed by atoms with E-state index in [9.17, 15) is 37.7 Å². The molecular formula is C31H55O11PS. The Labute approximate surface area is 263 Å². The SMILES string of the molecule is COP(=O)(O)O[C@@H]1[C@H]2C[C@@](C)([C@@H](C)C(C)C)C[C@@H](C)[C@@H]2[C@@]2(C)CC[C@H]3[C@@H]([C@@H](O)[C@@H](O)[C@H]4[C@@H](O)[C@H](OS(=O)(=O)O)CC[C@@]43C)[C@H]12. The average Bonchev–Trinajstić information content (AvgIpc) is 3.14. The summed E-state index contributed by atoms with van der Waals surface area (Å²) in [5.74, 6) is -0.688. The summed E-state index contributed by atoms with van der Waals surface area (Å²) < 4.78 is 61.4. The van der Waals surface area contributed by atoms with E-state index in [-0.39, 0.29) is 40.9 Å². The van der Waals surface area contributed by atoms with Crippen molar-refractivity contribution in [2.45, 2.75) is 118 Å². The van der Waals surface area contributed by atoms with Crippen LogP contribution in [0.3, 0.4) is 0 Å². The van der Waals surface area contributed by atoms with Crippen molar-refractivity contribution in [1.82, 2.24) is 0 Å². The number of fused-ring (bicyclic) bond motifs is 7. The van der Waals surface area contributed by atoms with Gasteiger partial charge in [0.05, 0.1) is 24.4 Å². The molecule has 5 N–H and O–H groups in total. The molecule has 0 spiro atoms. The summed E-state index contributed by atoms with van der Waals surface area (Å²) in [5, 5.41) is 35.0. The Morgan fingerprint density at radius 3 is 2.07 bits per heavy atom. The lowest BCUT2D eigenvalue weighted by atomic mass is 9.42. The zero-order chi connectivity index (χ0) is 32.9. The predicted molar refractivity (Wildman–Crippen MR) is 162 cm³/mol. The molecule has 0 heterocycles. The largest absolute Gasteiger partial charge is 0.472 e. The van der Waals surface area contributed by atoms with Gasteiger partial charge in [-0.05, 0) is 102 Å². The van der Waals surface area contributed by atoms with Gasteiger partial charge < -0.3 is 20.2 Å². The second kappa shape index (κ2) is 11.5. The molecule has 0 bridgehead atoms. The van der Waals surface area contributed by atoms with Gasteiger partial charge in [-0.15, -0.1) is 0 Å². The van der Waals surface area contributed by atoms with Gasteiger partial charge >= 0.3 is 18.2 Å². The standard InChI is InChI=1S/C31H55O11PS/c1-15(2)17(4)29(5)13-16(3)22-18(14-29)28(41-43(35,36)40-8)23-21-19(9-11-31(22,23)7)30(6)12-10-20(42-44(37,38)39)25(32)24(30)27(34)26(21)33/h15-28,32-34H,9-14H2,1-8H3,(H,35,36)(H,37,38,39)/t16-,17+,18+,19+,20-,21-,22+,23-,24-,25+,26-,27+,28-,29+,30-,31-/m1/s1. The van der Waals surface area contributed by atoms with E-state index in [0.29, 0.717) is 30.6 Å². The van der Waals surface area contributed by atoms with Gasteiger partial charge in [-0.25, -0.2) is 8.75 Å². The summed E-state index contributed by atoms with van der Waals surface area (Å²) in [4.78, 5) is 10.7. The van der Waals surface area contributed by atoms with Crippen molar-refractivity contribution >= 4 is 18.2 Å². The lowest BCUT2D eigenvalue weighted by molar-refractivity contribution is -0.253. The first-order valence-corrected chi connectivity index (χ1v) is 19.2. The molecule has 0 aromatic heterocycles. The fraction of sp³-hybridized carbons (Fsp3) is 1.00. The van der Waals surface area contributed by atoms with E-state index in [0.717, 1.165) is 26.4 Å². The van der Waals surface area contributed by atoms with E-state index < -0.39 is 66.0 Å². The Hall–Kier alpha value is -0.140. The molecule has 1 unspecified atom stereocenters. The normalized spacial score (nSPS) is 52.8. The molecule has 11 nitrogen and oxygen atoms in total. The summed E-state index contributed by atoms with van der Waals surface area (Å²) in [6, 6.07) is 0. The second-order valence-electron chi connectivity index (χ2n) is 16.3. The quantitative estimate of drug-likeness (QED) is 0.192. The van der Waals surface area contributed by atoms with E-state index in [1.165, 1.54) is 0 Å². The molecule has 0 saturated heterocycles. The highest BCUT2D eigenvalue weighted by atomic mass is 32.3. The summed E-state index contributed by atoms with van der Waals surface area (Å²) in [6.45, 7) is 15.6. The lowest BCUT2D eigenvalue weighted by Crippen LogP contribution is -2.68. The molecule has 5 aliphatic rings. The van der Waals surface area contributed by atoms with E-state index in [1.807, 2.05) is 6.92 Å². The van der Waals surface area contributed by atoms with E-state index in [4.69, 9.17) is 13.2 Å². The van der Waals surface area contributed by atoms with Crippen molar-refractivity contribution in [3.63, 3.8) is 0 Å². The fourth-order valence-electron chi connectivity index (χ4n) is 12.1. The molecule has 0 aliphatic heterocycles. The molecule has 17 atom stereocenters. The third-order valence-corrected chi connectivity index (χ3v) is 15.5. The first kappa shape index (κ1) is 35.2. The van der Waals surface area contributed by atoms with Crippen LogP contribution in [0.15, 0.2) is 0 Å². The summed E-state index contributed by atoms with van der Waals surface area (Å²) in [5.41, 5.74) is -1.07. The Morgan fingerprint density at radius 2 is 1.50 bits per heavy atom. The van der Waals surface area contributed by atoms with Gasteiger partial charge in [0.25, 0.3) is 0 Å². The molecule has 0 amide bonds. The molecule has 44 heavy (non-hydrogen) atoms. The Bertz CT molecular complexity index is 1250. The number of rotatable bonds is 7. The summed E-state index contributed by atoms with van der Waals surface area (Å²) >= 11 is 0. The molecule has 5 saturated carbocycles. The van der Waals surface area contributed by atoms with E-state index in [2.05, 4.69) is 41.5 Å². The zero-order valence-corrected chi connectivity index (χ0v) is 29.1. The van der Waals surface area contributed by atoms with Gasteiger partial charge in [0.15, 0.2) is 0 Å². The summed E-state index contributed by atoms with van der Waals surface area (Å²) in [7, 11) is -8.11. The maximum absolute atomic E-state index is 13.1. The van der Waals surface area contributed by atoms with Crippen LogP contribution in [0.1, 0.15) is 87.0 Å². The highest BCUT2D eigenvalue weighted by molar-refractivity contribution is 7.80. The Kier molecular flexibility index (Phi) is 9.18. The molecule has 0 aromatic rings. The van der Waals surface area contributed by atoms with Crippen molar-refractivity contribution in [3.8, 4) is 0 Å². The molecule has 5 fully saturated rings. The molecule has 256 valence electrons. The number of phosphoric acid groups is 1. The van der Waals surface area contributed by atoms with E-state index >= 15 is 0 Å². The second-order valence-corrected chi connectivity index (χ2v) is 18.9. The smallest absolute Gasteiger partial charge is 0.390 e. The lowest BCUT2D eigenvalue weighted by Gasteiger charge is -2.64. The predicted octanol–water partition coefficient (Wildman–Crippen LogP) is 4.44. The minimum absolute atomic E-state index is 0.0244. The number of phosphoric ester groups is 1. The van der Waals surface area contributed by atoms with Crippen LogP contribution in [0.4, 0.5) is 0 Å². The minimum atomic E-state index is -4.84. The van der Waals surface area contributed by atoms with Crippen molar-refractivity contribution in [2.24, 2.45) is 69.5 Å². The van der Waals surface area contributed by atoms with Gasteiger partial charge in [-0.2, -0.15) is 8.42 Å². The van der Waals surface area contributed by atoms with Crippen molar-refractivity contribution in [3.05, 3.63) is 0 Å². The van der Waals surface area contributed by atoms with Crippen LogP contribution < -0.4 is 0 Å². The monoisotopic (exact) mass is 666 g/mol. The number of aliphatic hydroxyl groups is 3. The maximum Gasteiger partial charge on any atom is 0.472 e. The summed E-state index contributed by atoms with van der Waals surface area (Å²) in [6.07, 6.45) is -2.21. The third-order valence-electron chi connectivity index (χ3n) is 14.0. The van der Waals surface area contributed by atoms with Crippen LogP contribution in [0.25, 0.3) is 0 Å². The van der Waals surface area contributed by atoms with Crippen molar-refractivity contribution in [2.75, 3.05) is 7.11 Å². The van der Waals surface area contributed by atoms with Crippen molar-refractivity contribution < 1.29 is 51.0 Å². The van der Waals surface area contributed by atoms with E-state index in [1.54, 1.807) is 0 Å². The fourth-order valence-corrected chi connectivity index (χ4v) is 13.3. The van der Waals surface area contributed by atoms with Gasteiger partial charge in [-0.1, -0.05) is 48.5 Å². The highest BCUT2D eigenvalue weighted by Gasteiger charge is 2.72. The van der Waals surface area contributed by atoms with Crippen LogP contribution in [0, 0.1) is 69.5 Å². The number of hydrogen-bond acceptors (Lipinski definition) is 9. The van der Waals surface area contributed by atoms with Crippen LogP contribution in [0.5, 0.6) is 0 Å². The molecule has 0 aromatic carbocycles. The number of hydrogen-bond donors (Lipinski definition) is 5.